The second-order valence-electron chi connectivity index (χ2n) is 3.01. The summed E-state index contributed by atoms with van der Waals surface area (Å²) in [6, 6.07) is -0.406. The molecule has 0 saturated heterocycles. The first-order chi connectivity index (χ1) is 7.77. The topological polar surface area (TPSA) is 46.4 Å². The number of thiazole rings is 1. The molecule has 0 spiro atoms. The number of carbonyl (C=O) groups excluding carboxylic acids is 1. The van der Waals surface area contributed by atoms with Crippen LogP contribution in [-0.2, 0) is 6.54 Å². The van der Waals surface area contributed by atoms with Gasteiger partial charge in [0, 0.05) is 24.7 Å². The van der Waals surface area contributed by atoms with E-state index < -0.39 is 6.03 Å². The van der Waals surface area contributed by atoms with Gasteiger partial charge in [-0.25, -0.2) is 4.79 Å². The number of alkyl halides is 1. The lowest BCUT2D eigenvalue weighted by molar-refractivity contribution is 0.249. The van der Waals surface area contributed by atoms with Crippen LogP contribution in [0.5, 0.6) is 0 Å². The number of hydrogen-bond acceptors (Lipinski definition) is 2. The lowest BCUT2D eigenvalue weighted by Gasteiger charge is -1.99. The monoisotopic (exact) mass is 243 g/mol. The molecule has 0 fully saturated rings. The molecule has 0 unspecified atom stereocenters. The largest absolute Gasteiger partial charge is 0.343 e. The molecule has 0 aliphatic carbocycles. The predicted molar refractivity (Wildman–Crippen MR) is 62.1 cm³/mol. The number of amides is 2. The number of urea groups is 1. The Kier molecular flexibility index (Phi) is 5.49. The summed E-state index contributed by atoms with van der Waals surface area (Å²) in [4.78, 5) is 15.7. The number of hydrogen-bond donors (Lipinski definition) is 1. The highest BCUT2D eigenvalue weighted by Crippen LogP contribution is 1.93. The van der Waals surface area contributed by atoms with E-state index in [1.807, 2.05) is 5.38 Å². The van der Waals surface area contributed by atoms with Crippen molar-refractivity contribution in [1.29, 1.82) is 0 Å². The van der Waals surface area contributed by atoms with Gasteiger partial charge < -0.3 is 9.88 Å². The van der Waals surface area contributed by atoms with E-state index in [1.54, 1.807) is 16.8 Å². The third-order valence-corrected chi connectivity index (χ3v) is 2.58. The van der Waals surface area contributed by atoms with Crippen LogP contribution < -0.4 is 10.1 Å². The van der Waals surface area contributed by atoms with E-state index in [2.05, 4.69) is 16.9 Å². The molecule has 0 bridgehead atoms. The first kappa shape index (κ1) is 12.6. The number of rotatable bonds is 5. The van der Waals surface area contributed by atoms with Gasteiger partial charge in [0.25, 0.3) is 0 Å². The van der Waals surface area contributed by atoms with Crippen LogP contribution >= 0.6 is 11.3 Å². The van der Waals surface area contributed by atoms with E-state index in [4.69, 9.17) is 0 Å². The highest BCUT2D eigenvalue weighted by molar-refractivity contribution is 7.07. The second-order valence-corrected chi connectivity index (χ2v) is 3.88. The zero-order valence-corrected chi connectivity index (χ0v) is 9.67. The van der Waals surface area contributed by atoms with E-state index in [9.17, 15) is 9.18 Å². The van der Waals surface area contributed by atoms with Crippen molar-refractivity contribution in [3.8, 4) is 0 Å². The van der Waals surface area contributed by atoms with Crippen molar-refractivity contribution >= 4 is 17.4 Å². The molecule has 16 heavy (non-hydrogen) atoms. The van der Waals surface area contributed by atoms with Gasteiger partial charge >= 0.3 is 6.03 Å². The predicted octanol–water partition coefficient (Wildman–Crippen LogP) is 1.71. The van der Waals surface area contributed by atoms with Crippen LogP contribution in [0.1, 0.15) is 6.42 Å². The van der Waals surface area contributed by atoms with Crippen LogP contribution in [-0.4, -0.2) is 23.8 Å². The van der Waals surface area contributed by atoms with Crippen molar-refractivity contribution in [2.75, 3.05) is 13.2 Å². The fourth-order valence-corrected chi connectivity index (χ4v) is 1.83. The number of aryl methyl sites for hydroxylation is 1. The van der Waals surface area contributed by atoms with Crippen molar-refractivity contribution in [3.63, 3.8) is 0 Å². The van der Waals surface area contributed by atoms with Crippen LogP contribution in [0.25, 0.3) is 0 Å². The van der Waals surface area contributed by atoms with Crippen molar-refractivity contribution in [1.82, 2.24) is 9.88 Å². The summed E-state index contributed by atoms with van der Waals surface area (Å²) >= 11 is 1.35. The Morgan fingerprint density at radius 3 is 3.25 bits per heavy atom. The summed E-state index contributed by atoms with van der Waals surface area (Å²) in [7, 11) is 0. The third kappa shape index (κ3) is 3.98. The highest BCUT2D eigenvalue weighted by atomic mass is 32.1. The lowest BCUT2D eigenvalue weighted by atomic mass is 10.5. The van der Waals surface area contributed by atoms with Gasteiger partial charge in [-0.3, -0.25) is 4.39 Å². The van der Waals surface area contributed by atoms with Crippen LogP contribution in [0.15, 0.2) is 29.2 Å². The van der Waals surface area contributed by atoms with Crippen molar-refractivity contribution in [2.24, 2.45) is 4.99 Å². The summed E-state index contributed by atoms with van der Waals surface area (Å²) in [5.41, 5.74) is 0. The van der Waals surface area contributed by atoms with Crippen LogP contribution in [0, 0.1) is 0 Å². The number of nitrogens with zero attached hydrogens (tertiary/aromatic N) is 2. The van der Waals surface area contributed by atoms with E-state index in [0.29, 0.717) is 24.3 Å². The molecule has 0 atom stereocenters. The lowest BCUT2D eigenvalue weighted by Crippen LogP contribution is -2.24. The number of aromatic nitrogens is 1. The number of carbonyl (C=O) groups is 1. The van der Waals surface area contributed by atoms with Crippen molar-refractivity contribution in [3.05, 3.63) is 29.0 Å². The van der Waals surface area contributed by atoms with Gasteiger partial charge in [0.05, 0.1) is 6.67 Å². The molecule has 1 aromatic rings. The quantitative estimate of drug-likeness (QED) is 0.786. The maximum atomic E-state index is 12.0. The average molecular weight is 243 g/mol. The van der Waals surface area contributed by atoms with E-state index >= 15 is 0 Å². The van der Waals surface area contributed by atoms with E-state index in [1.165, 1.54) is 11.3 Å². The van der Waals surface area contributed by atoms with Gasteiger partial charge in [0.2, 0.25) is 0 Å². The summed E-state index contributed by atoms with van der Waals surface area (Å²) in [6.07, 6.45) is 3.80. The fourth-order valence-electron chi connectivity index (χ4n) is 1.07. The summed E-state index contributed by atoms with van der Waals surface area (Å²) in [5.74, 6) is 0. The Balaban J connectivity index is 2.70. The van der Waals surface area contributed by atoms with Crippen LogP contribution in [0.3, 0.4) is 0 Å². The first-order valence-corrected chi connectivity index (χ1v) is 5.79. The molecule has 1 heterocycles. The highest BCUT2D eigenvalue weighted by Gasteiger charge is 1.99. The van der Waals surface area contributed by atoms with Gasteiger partial charge in [0.15, 0.2) is 4.80 Å². The Labute approximate surface area is 97.1 Å². The fraction of sp³-hybridized carbons (Fsp3) is 0.400. The average Bonchev–Trinajstić information content (AvgIpc) is 2.71. The Morgan fingerprint density at radius 2 is 2.56 bits per heavy atom. The minimum atomic E-state index is -0.406. The van der Waals surface area contributed by atoms with Crippen LogP contribution in [0.4, 0.5) is 9.18 Å². The van der Waals surface area contributed by atoms with Crippen molar-refractivity contribution in [2.45, 2.75) is 13.0 Å². The van der Waals surface area contributed by atoms with Gasteiger partial charge in [-0.15, -0.1) is 17.9 Å². The Bertz CT molecular complexity index is 410. The van der Waals surface area contributed by atoms with E-state index in [-0.39, 0.29) is 6.67 Å². The molecule has 1 N–H and O–H groups in total. The summed E-state index contributed by atoms with van der Waals surface area (Å²) in [6.45, 7) is 4.04. The molecular formula is C10H14FN3OS. The second kappa shape index (κ2) is 6.95. The SMILES string of the molecule is C=CCNC(=O)/N=c1\sccn1CCCF. The third-order valence-electron chi connectivity index (χ3n) is 1.79. The molecule has 0 radical (unpaired) electrons. The Hall–Kier alpha value is -1.43. The maximum absolute atomic E-state index is 12.0. The van der Waals surface area contributed by atoms with Crippen molar-refractivity contribution < 1.29 is 9.18 Å². The molecule has 88 valence electrons. The van der Waals surface area contributed by atoms with E-state index in [0.717, 1.165) is 0 Å². The maximum Gasteiger partial charge on any atom is 0.343 e. The number of nitrogens with one attached hydrogen (secondary N) is 1. The number of halogens is 1. The minimum Gasteiger partial charge on any atom is -0.333 e. The van der Waals surface area contributed by atoms with Gasteiger partial charge in [-0.1, -0.05) is 6.08 Å². The molecule has 0 aliphatic heterocycles. The molecule has 1 aromatic heterocycles. The van der Waals surface area contributed by atoms with Gasteiger partial charge in [-0.05, 0) is 6.42 Å². The van der Waals surface area contributed by atoms with Gasteiger partial charge in [0.1, 0.15) is 0 Å². The molecule has 0 aliphatic rings. The smallest absolute Gasteiger partial charge is 0.333 e. The van der Waals surface area contributed by atoms with Crippen LogP contribution in [0.2, 0.25) is 0 Å². The zero-order valence-electron chi connectivity index (χ0n) is 8.86. The normalized spacial score (nSPS) is 11.4. The summed E-state index contributed by atoms with van der Waals surface area (Å²) < 4.78 is 13.8. The zero-order chi connectivity index (χ0) is 11.8. The molecule has 0 saturated carbocycles. The Morgan fingerprint density at radius 1 is 1.75 bits per heavy atom. The molecule has 1 rings (SSSR count). The first-order valence-electron chi connectivity index (χ1n) is 4.91. The molecule has 6 heteroatoms. The molecule has 4 nitrogen and oxygen atoms in total. The molecule has 2 amide bonds. The minimum absolute atomic E-state index is 0.370. The standard InChI is InChI=1S/C10H14FN3OS/c1-2-5-12-9(15)13-10-14(6-3-4-11)7-8-16-10/h2,7-8H,1,3-6H2,(H,12,15)/b13-10-. The van der Waals surface area contributed by atoms with Gasteiger partial charge in [-0.2, -0.15) is 4.99 Å². The molecular weight excluding hydrogens is 229 g/mol. The summed E-state index contributed by atoms with van der Waals surface area (Å²) in [5, 5.41) is 4.37. The molecule has 0 aromatic carbocycles.